The van der Waals surface area contributed by atoms with Crippen molar-refractivity contribution in [2.75, 3.05) is 5.75 Å². The first-order chi connectivity index (χ1) is 12.1. The molecule has 3 aromatic rings. The molecule has 2 heterocycles. The number of fused-ring (bicyclic) bond motifs is 1. The molecule has 0 amide bonds. The summed E-state index contributed by atoms with van der Waals surface area (Å²) in [5.41, 5.74) is -0.681. The van der Waals surface area contributed by atoms with Gasteiger partial charge in [-0.2, -0.15) is 22.2 Å². The number of halogens is 4. The van der Waals surface area contributed by atoms with Gasteiger partial charge in [-0.1, -0.05) is 5.21 Å². The number of alkyl halides is 3. The van der Waals surface area contributed by atoms with E-state index in [1.807, 2.05) is 0 Å². The fraction of sp³-hybridized carbons (Fsp3) is 0.286. The van der Waals surface area contributed by atoms with Crippen molar-refractivity contribution in [3.63, 3.8) is 0 Å². The van der Waals surface area contributed by atoms with E-state index < -0.39 is 39.8 Å². The van der Waals surface area contributed by atoms with Crippen LogP contribution in [-0.4, -0.2) is 35.5 Å². The number of nitrogens with zero attached hydrogens (tertiary/aromatic N) is 4. The number of benzene rings is 1. The van der Waals surface area contributed by atoms with Gasteiger partial charge in [0.1, 0.15) is 22.6 Å². The molecular weight excluding hydrogens is 396 g/mol. The third kappa shape index (κ3) is 3.38. The Balaban J connectivity index is 2.19. The Morgan fingerprint density at radius 3 is 2.62 bits per heavy atom. The summed E-state index contributed by atoms with van der Waals surface area (Å²) < 4.78 is 68.6. The topological polar surface area (TPSA) is 77.7 Å². The Kier molecular flexibility index (Phi) is 4.65. The highest BCUT2D eigenvalue weighted by atomic mass is 32.2. The summed E-state index contributed by atoms with van der Waals surface area (Å²) in [7, 11) is -2.45. The molecule has 0 aliphatic rings. The largest absolute Gasteiger partial charge is 0.400 e. The van der Waals surface area contributed by atoms with Crippen LogP contribution >= 0.6 is 11.5 Å². The molecule has 26 heavy (non-hydrogen) atoms. The number of rotatable bonds is 3. The smallest absolute Gasteiger partial charge is 0.266 e. The second kappa shape index (κ2) is 6.50. The lowest BCUT2D eigenvalue weighted by Gasteiger charge is -2.12. The van der Waals surface area contributed by atoms with Gasteiger partial charge in [-0.05, 0) is 43.1 Å². The second-order valence-electron chi connectivity index (χ2n) is 5.43. The summed E-state index contributed by atoms with van der Waals surface area (Å²) in [4.78, 5) is 12.6. The van der Waals surface area contributed by atoms with Gasteiger partial charge < -0.3 is 0 Å². The Hall–Kier alpha value is -2.21. The molecule has 3 rings (SSSR count). The summed E-state index contributed by atoms with van der Waals surface area (Å²) in [6.07, 6.45) is -4.65. The molecule has 0 N–H and O–H groups in total. The third-order valence-corrected chi connectivity index (χ3v) is 5.83. The Morgan fingerprint density at radius 1 is 1.27 bits per heavy atom. The van der Waals surface area contributed by atoms with E-state index in [1.165, 1.54) is 6.92 Å². The van der Waals surface area contributed by atoms with Crippen LogP contribution < -0.4 is 5.56 Å². The predicted molar refractivity (Wildman–Crippen MR) is 87.6 cm³/mol. The molecule has 0 aliphatic carbocycles. The van der Waals surface area contributed by atoms with Crippen molar-refractivity contribution in [3.8, 4) is 5.69 Å². The fourth-order valence-corrected chi connectivity index (χ4v) is 4.17. The van der Waals surface area contributed by atoms with Crippen molar-refractivity contribution < 1.29 is 21.8 Å². The maximum atomic E-state index is 14.4. The van der Waals surface area contributed by atoms with Crippen LogP contribution in [0, 0.1) is 19.7 Å². The van der Waals surface area contributed by atoms with E-state index in [9.17, 15) is 26.6 Å². The molecule has 0 saturated carbocycles. The first-order valence-corrected chi connectivity index (χ1v) is 9.15. The fourth-order valence-electron chi connectivity index (χ4n) is 2.34. The van der Waals surface area contributed by atoms with Gasteiger partial charge in [0.25, 0.3) is 5.56 Å². The molecular formula is C14H10F4N4O2S2. The standard InChI is InChI=1S/C14H10F4N4O2S2/c1-6-3-8(15)9(4-10(6)26(24)5-14(16,17)18)22-13(23)11-7(2)20-25-12(11)19-21-22/h3-4H,5H2,1-2H3. The van der Waals surface area contributed by atoms with Crippen LogP contribution in [0.1, 0.15) is 11.3 Å². The third-order valence-electron chi connectivity index (χ3n) is 3.49. The quantitative estimate of drug-likeness (QED) is 0.625. The van der Waals surface area contributed by atoms with Gasteiger partial charge in [-0.25, -0.2) is 4.39 Å². The Morgan fingerprint density at radius 2 is 1.96 bits per heavy atom. The maximum absolute atomic E-state index is 14.4. The molecule has 1 aromatic carbocycles. The molecule has 2 aromatic heterocycles. The van der Waals surface area contributed by atoms with E-state index in [4.69, 9.17) is 0 Å². The molecule has 0 bridgehead atoms. The van der Waals surface area contributed by atoms with Gasteiger partial charge >= 0.3 is 6.18 Å². The molecule has 0 fully saturated rings. The van der Waals surface area contributed by atoms with Crippen molar-refractivity contribution >= 4 is 32.5 Å². The lowest BCUT2D eigenvalue weighted by molar-refractivity contribution is -0.105. The first kappa shape index (κ1) is 18.6. The van der Waals surface area contributed by atoms with E-state index in [0.717, 1.165) is 23.7 Å². The predicted octanol–water partition coefficient (Wildman–Crippen LogP) is 2.66. The van der Waals surface area contributed by atoms with Gasteiger partial charge in [-0.3, -0.25) is 9.00 Å². The van der Waals surface area contributed by atoms with E-state index in [2.05, 4.69) is 14.7 Å². The summed E-state index contributed by atoms with van der Waals surface area (Å²) >= 11 is 0.949. The molecule has 12 heteroatoms. The van der Waals surface area contributed by atoms with Gasteiger partial charge in [0.05, 0.1) is 16.5 Å². The van der Waals surface area contributed by atoms with Gasteiger partial charge in [0.2, 0.25) is 0 Å². The number of hydrogen-bond donors (Lipinski definition) is 0. The zero-order chi connectivity index (χ0) is 19.2. The number of aromatic nitrogens is 4. The maximum Gasteiger partial charge on any atom is 0.400 e. The minimum atomic E-state index is -4.65. The van der Waals surface area contributed by atoms with Gasteiger partial charge in [-0.15, -0.1) is 5.10 Å². The molecule has 1 atom stereocenters. The minimum absolute atomic E-state index is 0.0734. The van der Waals surface area contributed by atoms with Crippen molar-refractivity contribution in [1.82, 2.24) is 19.4 Å². The monoisotopic (exact) mass is 406 g/mol. The van der Waals surface area contributed by atoms with Crippen LogP contribution in [0.2, 0.25) is 0 Å². The molecule has 0 radical (unpaired) electrons. The van der Waals surface area contributed by atoms with Gasteiger partial charge in [0.15, 0.2) is 4.83 Å². The van der Waals surface area contributed by atoms with Crippen molar-refractivity contribution in [2.24, 2.45) is 0 Å². The van der Waals surface area contributed by atoms with E-state index >= 15 is 0 Å². The lowest BCUT2D eigenvalue weighted by atomic mass is 10.2. The highest BCUT2D eigenvalue weighted by molar-refractivity contribution is 7.85. The Bertz CT molecular complexity index is 1090. The Labute approximate surface area is 150 Å². The van der Waals surface area contributed by atoms with Crippen LogP contribution in [0.25, 0.3) is 15.9 Å². The second-order valence-corrected chi connectivity index (χ2v) is 7.60. The molecule has 6 nitrogen and oxygen atoms in total. The lowest BCUT2D eigenvalue weighted by Crippen LogP contribution is -2.24. The van der Waals surface area contributed by atoms with Crippen molar-refractivity contribution in [1.29, 1.82) is 0 Å². The van der Waals surface area contributed by atoms with Crippen LogP contribution in [0.15, 0.2) is 21.8 Å². The highest BCUT2D eigenvalue weighted by Crippen LogP contribution is 2.25. The summed E-state index contributed by atoms with van der Waals surface area (Å²) in [5, 5.41) is 7.54. The van der Waals surface area contributed by atoms with Crippen LogP contribution in [0.3, 0.4) is 0 Å². The van der Waals surface area contributed by atoms with Crippen LogP contribution in [0.5, 0.6) is 0 Å². The number of hydrogen-bond acceptors (Lipinski definition) is 6. The van der Waals surface area contributed by atoms with Gasteiger partial charge in [0, 0.05) is 4.90 Å². The minimum Gasteiger partial charge on any atom is -0.266 e. The van der Waals surface area contributed by atoms with E-state index in [1.54, 1.807) is 6.92 Å². The average molecular weight is 406 g/mol. The van der Waals surface area contributed by atoms with E-state index in [0.29, 0.717) is 10.4 Å². The molecule has 0 aliphatic heterocycles. The number of aryl methyl sites for hydroxylation is 2. The zero-order valence-corrected chi connectivity index (χ0v) is 14.9. The van der Waals surface area contributed by atoms with Crippen molar-refractivity contribution in [2.45, 2.75) is 24.9 Å². The first-order valence-electron chi connectivity index (χ1n) is 7.06. The normalized spacial score (nSPS) is 13.3. The molecule has 1 unspecified atom stereocenters. The van der Waals surface area contributed by atoms with Crippen LogP contribution in [0.4, 0.5) is 17.6 Å². The van der Waals surface area contributed by atoms with Crippen molar-refractivity contribution in [3.05, 3.63) is 39.6 Å². The van der Waals surface area contributed by atoms with Crippen LogP contribution in [-0.2, 0) is 10.8 Å². The zero-order valence-electron chi connectivity index (χ0n) is 13.3. The highest BCUT2D eigenvalue weighted by Gasteiger charge is 2.32. The molecule has 0 saturated heterocycles. The average Bonchev–Trinajstić information content (AvgIpc) is 2.89. The molecule has 138 valence electrons. The summed E-state index contributed by atoms with van der Waals surface area (Å²) in [6.45, 7) is 2.91. The van der Waals surface area contributed by atoms with E-state index in [-0.39, 0.29) is 20.7 Å². The summed E-state index contributed by atoms with van der Waals surface area (Å²) in [5.74, 6) is -2.47. The molecule has 0 spiro atoms. The SMILES string of the molecule is Cc1cc(F)c(-n2nnc3snc(C)c3c2=O)cc1S(=O)CC(F)(F)F. The summed E-state index contributed by atoms with van der Waals surface area (Å²) in [6, 6.07) is 1.85.